The van der Waals surface area contributed by atoms with E-state index in [4.69, 9.17) is 9.47 Å². The van der Waals surface area contributed by atoms with Gasteiger partial charge in [-0.1, -0.05) is 45.0 Å². The second-order valence-corrected chi connectivity index (χ2v) is 9.26. The highest BCUT2D eigenvalue weighted by Gasteiger charge is 2.22. The molecule has 9 heteroatoms. The van der Waals surface area contributed by atoms with Crippen LogP contribution in [-0.2, 0) is 31.5 Å². The van der Waals surface area contributed by atoms with E-state index in [-0.39, 0.29) is 16.9 Å². The number of benzene rings is 1. The van der Waals surface area contributed by atoms with Gasteiger partial charge in [-0.3, -0.25) is 9.48 Å². The molecule has 2 aromatic rings. The zero-order valence-corrected chi connectivity index (χ0v) is 20.8. The fourth-order valence-electron chi connectivity index (χ4n) is 3.08. The summed E-state index contributed by atoms with van der Waals surface area (Å²) >= 11 is 0.667. The summed E-state index contributed by atoms with van der Waals surface area (Å²) in [5.74, 6) is -0.445. The number of nitriles is 1. The maximum atomic E-state index is 11.9. The number of hydrogen-bond donors (Lipinski definition) is 0. The van der Waals surface area contributed by atoms with Gasteiger partial charge in [-0.2, -0.15) is 10.4 Å². The summed E-state index contributed by atoms with van der Waals surface area (Å²) in [6, 6.07) is 9.94. The van der Waals surface area contributed by atoms with E-state index >= 15 is 0 Å². The molecular formula is C24H29N3O5S. The summed E-state index contributed by atoms with van der Waals surface area (Å²) < 4.78 is 17.1. The van der Waals surface area contributed by atoms with Crippen LogP contribution in [0.5, 0.6) is 0 Å². The van der Waals surface area contributed by atoms with Gasteiger partial charge in [-0.15, -0.1) is 0 Å². The molecule has 0 amide bonds. The lowest BCUT2D eigenvalue weighted by atomic mass is 9.86. The molecule has 0 fully saturated rings. The van der Waals surface area contributed by atoms with E-state index in [2.05, 4.69) is 36.7 Å². The standard InChI is InChI=1S/C24H29N3O5S/c1-15-16(2)26-27(6)21(15)22(31-14-32-23(29)33-13-20(28)30-7)19(12-25)17-8-10-18(11-9-17)24(3,4)5/h8-11H,13-14H2,1-7H3/b22-19-. The van der Waals surface area contributed by atoms with E-state index in [1.807, 2.05) is 38.1 Å². The minimum absolute atomic E-state index is 0.0276. The van der Waals surface area contributed by atoms with Gasteiger partial charge >= 0.3 is 11.3 Å². The molecule has 0 saturated heterocycles. The number of carbonyl (C=O) groups is 2. The van der Waals surface area contributed by atoms with E-state index in [9.17, 15) is 14.9 Å². The molecule has 0 N–H and O–H groups in total. The van der Waals surface area contributed by atoms with Crippen LogP contribution < -0.4 is 0 Å². The van der Waals surface area contributed by atoms with Crippen molar-refractivity contribution in [3.8, 4) is 6.07 Å². The Bertz CT molecular complexity index is 1090. The van der Waals surface area contributed by atoms with Crippen molar-refractivity contribution in [1.82, 2.24) is 9.78 Å². The monoisotopic (exact) mass is 471 g/mol. The van der Waals surface area contributed by atoms with Crippen LogP contribution in [0.4, 0.5) is 4.79 Å². The molecule has 0 saturated carbocycles. The molecule has 0 aliphatic heterocycles. The van der Waals surface area contributed by atoms with Crippen molar-refractivity contribution in [1.29, 1.82) is 5.26 Å². The van der Waals surface area contributed by atoms with Gasteiger partial charge in [0.2, 0.25) is 6.79 Å². The van der Waals surface area contributed by atoms with Gasteiger partial charge in [-0.25, -0.2) is 4.79 Å². The van der Waals surface area contributed by atoms with E-state index in [0.29, 0.717) is 28.6 Å². The largest absolute Gasteiger partial charge is 0.468 e. The summed E-state index contributed by atoms with van der Waals surface area (Å²) in [4.78, 5) is 23.1. The Morgan fingerprint density at radius 3 is 2.27 bits per heavy atom. The fraction of sp³-hybridized carbons (Fsp3) is 0.417. The predicted molar refractivity (Wildman–Crippen MR) is 127 cm³/mol. The van der Waals surface area contributed by atoms with Crippen molar-refractivity contribution >= 4 is 34.4 Å². The van der Waals surface area contributed by atoms with Crippen molar-refractivity contribution in [3.05, 3.63) is 52.3 Å². The van der Waals surface area contributed by atoms with Crippen LogP contribution >= 0.6 is 11.8 Å². The van der Waals surface area contributed by atoms with Crippen LogP contribution in [0.2, 0.25) is 0 Å². The molecule has 0 aliphatic rings. The minimum atomic E-state index is -0.689. The van der Waals surface area contributed by atoms with Crippen LogP contribution in [0, 0.1) is 25.2 Å². The molecule has 0 radical (unpaired) electrons. The Labute approximate surface area is 198 Å². The lowest BCUT2D eigenvalue weighted by Crippen LogP contribution is -2.11. The maximum absolute atomic E-state index is 11.9. The van der Waals surface area contributed by atoms with Gasteiger partial charge in [0, 0.05) is 12.6 Å². The van der Waals surface area contributed by atoms with Gasteiger partial charge in [0.05, 0.1) is 12.8 Å². The van der Waals surface area contributed by atoms with Gasteiger partial charge in [-0.05, 0) is 42.2 Å². The molecular weight excluding hydrogens is 442 g/mol. The van der Waals surface area contributed by atoms with E-state index < -0.39 is 18.1 Å². The van der Waals surface area contributed by atoms with Crippen LogP contribution in [0.15, 0.2) is 24.3 Å². The normalized spacial score (nSPS) is 11.9. The van der Waals surface area contributed by atoms with E-state index in [1.165, 1.54) is 7.11 Å². The summed E-state index contributed by atoms with van der Waals surface area (Å²) in [6.07, 6.45) is 0. The van der Waals surface area contributed by atoms with Crippen LogP contribution in [-0.4, -0.2) is 40.7 Å². The summed E-state index contributed by atoms with van der Waals surface area (Å²) in [7, 11) is 3.00. The fourth-order valence-corrected chi connectivity index (χ4v) is 3.56. The number of aryl methyl sites for hydroxylation is 2. The molecule has 8 nitrogen and oxygen atoms in total. The number of esters is 1. The molecule has 0 spiro atoms. The second kappa shape index (κ2) is 11.1. The molecule has 33 heavy (non-hydrogen) atoms. The predicted octanol–water partition coefficient (Wildman–Crippen LogP) is 4.74. The molecule has 1 aromatic carbocycles. The third-order valence-corrected chi connectivity index (χ3v) is 5.76. The number of hydrogen-bond acceptors (Lipinski definition) is 8. The molecule has 176 valence electrons. The zero-order valence-electron chi connectivity index (χ0n) is 20.0. The molecule has 2 rings (SSSR count). The van der Waals surface area contributed by atoms with Crippen molar-refractivity contribution in [2.24, 2.45) is 7.05 Å². The smallest absolute Gasteiger partial charge is 0.370 e. The number of methoxy groups -OCH3 is 1. The molecule has 0 atom stereocenters. The molecule has 0 aliphatic carbocycles. The zero-order chi connectivity index (χ0) is 24.8. The van der Waals surface area contributed by atoms with Crippen molar-refractivity contribution < 1.29 is 23.8 Å². The lowest BCUT2D eigenvalue weighted by Gasteiger charge is -2.19. The SMILES string of the molecule is COC(=O)CSC(=O)OCO/C(=C(/C#N)c1ccc(C(C)(C)C)cc1)c1c(C)c(C)nn1C. The summed E-state index contributed by atoms with van der Waals surface area (Å²) in [5, 5.41) is 13.8. The number of ether oxygens (including phenoxy) is 3. The third-order valence-electron chi connectivity index (χ3n) is 5.03. The van der Waals surface area contributed by atoms with Crippen LogP contribution in [0.25, 0.3) is 11.3 Å². The van der Waals surface area contributed by atoms with Crippen molar-refractivity contribution in [2.45, 2.75) is 40.0 Å². The van der Waals surface area contributed by atoms with Gasteiger partial charge in [0.15, 0.2) is 5.76 Å². The molecule has 0 bridgehead atoms. The summed E-state index contributed by atoms with van der Waals surface area (Å²) in [6.45, 7) is 9.67. The molecule has 0 unspecified atom stereocenters. The molecule has 1 heterocycles. The number of nitrogens with zero attached hydrogens (tertiary/aromatic N) is 3. The van der Waals surface area contributed by atoms with Gasteiger partial charge in [0.25, 0.3) is 0 Å². The Morgan fingerprint density at radius 2 is 1.79 bits per heavy atom. The first-order valence-corrected chi connectivity index (χ1v) is 11.2. The average molecular weight is 472 g/mol. The first-order valence-electron chi connectivity index (χ1n) is 10.2. The van der Waals surface area contributed by atoms with E-state index in [1.54, 1.807) is 11.7 Å². The Kier molecular flexibility index (Phi) is 8.71. The number of carbonyl (C=O) groups excluding carboxylic acids is 2. The highest BCUT2D eigenvalue weighted by atomic mass is 32.2. The second-order valence-electron chi connectivity index (χ2n) is 8.35. The van der Waals surface area contributed by atoms with Gasteiger partial charge < -0.3 is 14.2 Å². The average Bonchev–Trinajstić information content (AvgIpc) is 3.02. The van der Waals surface area contributed by atoms with Crippen LogP contribution in [0.3, 0.4) is 0 Å². The van der Waals surface area contributed by atoms with Crippen molar-refractivity contribution in [3.63, 3.8) is 0 Å². The van der Waals surface area contributed by atoms with E-state index in [0.717, 1.165) is 16.8 Å². The number of allylic oxidation sites excluding steroid dienone is 1. The topological polar surface area (TPSA) is 103 Å². The third kappa shape index (κ3) is 6.62. The Morgan fingerprint density at radius 1 is 1.15 bits per heavy atom. The first kappa shape index (κ1) is 26.0. The Balaban J connectivity index is 2.39. The highest BCUT2D eigenvalue weighted by molar-refractivity contribution is 8.13. The summed E-state index contributed by atoms with van der Waals surface area (Å²) in [5.41, 5.74) is 4.32. The highest BCUT2D eigenvalue weighted by Crippen LogP contribution is 2.31. The van der Waals surface area contributed by atoms with Crippen molar-refractivity contribution in [2.75, 3.05) is 19.7 Å². The minimum Gasteiger partial charge on any atom is -0.468 e. The van der Waals surface area contributed by atoms with Gasteiger partial charge in [0.1, 0.15) is 23.1 Å². The number of rotatable bonds is 7. The maximum Gasteiger partial charge on any atom is 0.370 e. The number of thioether (sulfide) groups is 1. The quantitative estimate of drug-likeness (QED) is 0.247. The lowest BCUT2D eigenvalue weighted by molar-refractivity contribution is -0.137. The number of aromatic nitrogens is 2. The first-order chi connectivity index (χ1) is 15.5. The Hall–Kier alpha value is -3.25. The molecule has 1 aromatic heterocycles. The van der Waals surface area contributed by atoms with Crippen LogP contribution in [0.1, 0.15) is 48.8 Å².